The molecule has 1 aliphatic heterocycles. The number of hydrogen-bond donors (Lipinski definition) is 1. The zero-order valence-electron chi connectivity index (χ0n) is 3.69. The molecule has 1 heterocycles. The largest absolute Gasteiger partial charge is 0.282 e. The Morgan fingerprint density at radius 1 is 1.75 bits per heavy atom. The molecule has 0 saturated carbocycles. The van der Waals surface area contributed by atoms with Crippen LogP contribution in [0.1, 0.15) is 0 Å². The highest BCUT2D eigenvalue weighted by Gasteiger charge is 2.35. The van der Waals surface area contributed by atoms with E-state index in [-0.39, 0.29) is 0 Å². The van der Waals surface area contributed by atoms with Gasteiger partial charge in [-0.1, -0.05) is 23.2 Å². The molecule has 0 aromatic rings. The van der Waals surface area contributed by atoms with Gasteiger partial charge in [0.2, 0.25) is 4.33 Å². The summed E-state index contributed by atoms with van der Waals surface area (Å²) >= 11 is 10.6. The smallest absolute Gasteiger partial charge is 0.269 e. The van der Waals surface area contributed by atoms with E-state index in [9.17, 15) is 4.79 Å². The van der Waals surface area contributed by atoms with Crippen molar-refractivity contribution in [3.63, 3.8) is 0 Å². The number of nitrogens with one attached hydrogen (secondary N) is 1. The normalized spacial score (nSPS) is 23.5. The first-order valence-corrected chi connectivity index (χ1v) is 2.61. The van der Waals surface area contributed by atoms with Crippen molar-refractivity contribution in [1.29, 1.82) is 0 Å². The zero-order valence-corrected chi connectivity index (χ0v) is 5.20. The van der Waals surface area contributed by atoms with Crippen molar-refractivity contribution in [1.82, 2.24) is 5.43 Å². The maximum Gasteiger partial charge on any atom is 0.282 e. The molecule has 1 rings (SSSR count). The third-order valence-electron chi connectivity index (χ3n) is 0.696. The van der Waals surface area contributed by atoms with Gasteiger partial charge < -0.3 is 0 Å². The molecule has 0 aliphatic carbocycles. The van der Waals surface area contributed by atoms with E-state index in [1.807, 2.05) is 0 Å². The summed E-state index contributed by atoms with van der Waals surface area (Å²) in [4.78, 5) is 10.4. The van der Waals surface area contributed by atoms with Crippen LogP contribution in [0.3, 0.4) is 0 Å². The Morgan fingerprint density at radius 3 is 2.50 bits per heavy atom. The van der Waals surface area contributed by atoms with Gasteiger partial charge in [0.05, 0.1) is 6.21 Å². The van der Waals surface area contributed by atoms with Crippen LogP contribution in [0, 0.1) is 0 Å². The van der Waals surface area contributed by atoms with E-state index in [0.717, 1.165) is 6.21 Å². The van der Waals surface area contributed by atoms with Gasteiger partial charge >= 0.3 is 0 Å². The van der Waals surface area contributed by atoms with Gasteiger partial charge in [-0.3, -0.25) is 4.79 Å². The summed E-state index contributed by atoms with van der Waals surface area (Å²) in [5.41, 5.74) is 2.08. The number of halogens is 2. The van der Waals surface area contributed by atoms with E-state index in [4.69, 9.17) is 23.2 Å². The second-order valence-corrected chi connectivity index (χ2v) is 2.71. The molecular weight excluding hydrogens is 151 g/mol. The predicted molar refractivity (Wildman–Crippen MR) is 31.1 cm³/mol. The second kappa shape index (κ2) is 1.60. The van der Waals surface area contributed by atoms with E-state index in [0.29, 0.717) is 0 Å². The summed E-state index contributed by atoms with van der Waals surface area (Å²) in [6, 6.07) is 0. The Bertz CT molecular complexity index is 153. The van der Waals surface area contributed by atoms with E-state index in [1.54, 1.807) is 0 Å². The molecule has 8 heavy (non-hydrogen) atoms. The lowest BCUT2D eigenvalue weighted by Gasteiger charge is -2.00. The van der Waals surface area contributed by atoms with Crippen molar-refractivity contribution in [2.45, 2.75) is 4.33 Å². The molecule has 44 valence electrons. The molecular formula is C3H2Cl2N2O. The molecule has 0 spiro atoms. The van der Waals surface area contributed by atoms with Crippen molar-refractivity contribution in [3.8, 4) is 0 Å². The van der Waals surface area contributed by atoms with E-state index >= 15 is 0 Å². The first-order valence-electron chi connectivity index (χ1n) is 1.85. The topological polar surface area (TPSA) is 41.5 Å². The van der Waals surface area contributed by atoms with Crippen LogP contribution in [-0.4, -0.2) is 16.5 Å². The van der Waals surface area contributed by atoms with Crippen molar-refractivity contribution in [2.24, 2.45) is 5.10 Å². The van der Waals surface area contributed by atoms with Crippen molar-refractivity contribution in [2.75, 3.05) is 0 Å². The molecule has 0 fully saturated rings. The lowest BCUT2D eigenvalue weighted by Crippen LogP contribution is -2.29. The number of rotatable bonds is 0. The molecule has 0 unspecified atom stereocenters. The molecule has 0 aromatic heterocycles. The first kappa shape index (κ1) is 5.85. The van der Waals surface area contributed by atoms with Gasteiger partial charge in [-0.05, 0) is 0 Å². The molecule has 0 atom stereocenters. The summed E-state index contributed by atoms with van der Waals surface area (Å²) < 4.78 is -1.44. The van der Waals surface area contributed by atoms with Crippen LogP contribution < -0.4 is 5.43 Å². The van der Waals surface area contributed by atoms with Crippen LogP contribution >= 0.6 is 23.2 Å². The standard InChI is InChI=1S/C3H2Cl2N2O/c4-3(5)1-6-7-2(3)8/h1H,(H,7,8). The van der Waals surface area contributed by atoms with Gasteiger partial charge in [0.25, 0.3) is 5.91 Å². The highest BCUT2D eigenvalue weighted by molar-refractivity contribution is 6.66. The van der Waals surface area contributed by atoms with Gasteiger partial charge in [-0.15, -0.1) is 0 Å². The molecule has 1 N–H and O–H groups in total. The van der Waals surface area contributed by atoms with Crippen LogP contribution in [0.2, 0.25) is 0 Å². The third kappa shape index (κ3) is 0.788. The van der Waals surface area contributed by atoms with Crippen molar-refractivity contribution in [3.05, 3.63) is 0 Å². The van der Waals surface area contributed by atoms with E-state index < -0.39 is 10.2 Å². The molecule has 0 aromatic carbocycles. The predicted octanol–water partition coefficient (Wildman–Crippen LogP) is 0.276. The number of hydrogen-bond acceptors (Lipinski definition) is 2. The minimum Gasteiger partial charge on any atom is -0.269 e. The highest BCUT2D eigenvalue weighted by atomic mass is 35.5. The first-order chi connectivity index (χ1) is 3.63. The summed E-state index contributed by atoms with van der Waals surface area (Å²) in [5, 5.41) is 3.33. The van der Waals surface area contributed by atoms with E-state index in [1.165, 1.54) is 0 Å². The second-order valence-electron chi connectivity index (χ2n) is 1.32. The van der Waals surface area contributed by atoms with E-state index in [2.05, 4.69) is 10.5 Å². The summed E-state index contributed by atoms with van der Waals surface area (Å²) in [5.74, 6) is -0.499. The molecule has 1 aliphatic rings. The average Bonchev–Trinajstić information content (AvgIpc) is 1.86. The lowest BCUT2D eigenvalue weighted by molar-refractivity contribution is -0.119. The average molecular weight is 153 g/mol. The fraction of sp³-hybridized carbons (Fsp3) is 0.333. The van der Waals surface area contributed by atoms with Crippen LogP contribution in [0.4, 0.5) is 0 Å². The maximum atomic E-state index is 10.4. The van der Waals surface area contributed by atoms with Crippen LogP contribution in [0.15, 0.2) is 5.10 Å². The molecule has 0 bridgehead atoms. The fourth-order valence-electron chi connectivity index (χ4n) is 0.305. The molecule has 3 nitrogen and oxygen atoms in total. The van der Waals surface area contributed by atoms with Gasteiger partial charge in [-0.2, -0.15) is 5.10 Å². The van der Waals surface area contributed by atoms with Crippen LogP contribution in [0.25, 0.3) is 0 Å². The maximum absolute atomic E-state index is 10.4. The quantitative estimate of drug-likeness (QED) is 0.498. The third-order valence-corrected chi connectivity index (χ3v) is 1.23. The van der Waals surface area contributed by atoms with Crippen molar-refractivity contribution < 1.29 is 4.79 Å². The number of carbonyl (C=O) groups is 1. The number of nitrogens with zero attached hydrogens (tertiary/aromatic N) is 1. The number of amides is 1. The SMILES string of the molecule is O=C1NN=CC1(Cl)Cl. The lowest BCUT2D eigenvalue weighted by atomic mass is 10.4. The van der Waals surface area contributed by atoms with Crippen molar-refractivity contribution >= 4 is 35.3 Å². The summed E-state index contributed by atoms with van der Waals surface area (Å²) in [6.45, 7) is 0. The number of alkyl halides is 2. The van der Waals surface area contributed by atoms with Crippen LogP contribution in [0.5, 0.6) is 0 Å². The minimum atomic E-state index is -1.44. The monoisotopic (exact) mass is 152 g/mol. The number of carbonyl (C=O) groups excluding carboxylic acids is 1. The molecule has 5 heteroatoms. The molecule has 1 amide bonds. The van der Waals surface area contributed by atoms with Gasteiger partial charge in [0, 0.05) is 0 Å². The Hall–Kier alpha value is -0.280. The van der Waals surface area contributed by atoms with Crippen LogP contribution in [-0.2, 0) is 4.79 Å². The Morgan fingerprint density at radius 2 is 2.38 bits per heavy atom. The minimum absolute atomic E-state index is 0.499. The summed E-state index contributed by atoms with van der Waals surface area (Å²) in [6.07, 6.45) is 1.14. The highest BCUT2D eigenvalue weighted by Crippen LogP contribution is 2.20. The zero-order chi connectivity index (χ0) is 6.20. The summed E-state index contributed by atoms with van der Waals surface area (Å²) in [7, 11) is 0. The number of hydrazone groups is 1. The Labute approximate surface area is 55.6 Å². The molecule has 0 saturated heterocycles. The Kier molecular flexibility index (Phi) is 1.17. The van der Waals surface area contributed by atoms with Gasteiger partial charge in [-0.25, -0.2) is 5.43 Å². The Balaban J connectivity index is 2.82. The fourth-order valence-corrected chi connectivity index (χ4v) is 0.487. The van der Waals surface area contributed by atoms with Gasteiger partial charge in [0.15, 0.2) is 0 Å². The van der Waals surface area contributed by atoms with Gasteiger partial charge in [0.1, 0.15) is 0 Å². The molecule has 0 radical (unpaired) electrons.